The molecule has 2 aromatic carbocycles. The number of hydrogen-bond donors (Lipinski definition) is 3. The van der Waals surface area contributed by atoms with Crippen molar-refractivity contribution in [3.8, 4) is 5.69 Å². The molecule has 2 aromatic heterocycles. The number of nitrogens with one attached hydrogen (secondary N) is 2. The van der Waals surface area contributed by atoms with E-state index < -0.39 is 5.60 Å². The van der Waals surface area contributed by atoms with E-state index in [1.165, 1.54) is 12.1 Å². The second kappa shape index (κ2) is 10.8. The number of benzene rings is 2. The number of piperazine rings is 1. The lowest BCUT2D eigenvalue weighted by Crippen LogP contribution is -2.50. The predicted octanol–water partition coefficient (Wildman–Crippen LogP) is 3.72. The largest absolute Gasteiger partial charge is 0.389 e. The highest BCUT2D eigenvalue weighted by Crippen LogP contribution is 2.26. The SMILES string of the molecule is C=CC(=O)Nc1cccc(-n2ncc3cnc(Nc4ccc(N5CCN(CC(C)(C)O)CC5)c(F)c4)nc32)c1. The summed E-state index contributed by atoms with van der Waals surface area (Å²) in [5.74, 6) is -0.342. The van der Waals surface area contributed by atoms with Gasteiger partial charge in [-0.15, -0.1) is 0 Å². The minimum absolute atomic E-state index is 0.299. The van der Waals surface area contributed by atoms with Crippen LogP contribution >= 0.6 is 0 Å². The molecule has 0 bridgehead atoms. The van der Waals surface area contributed by atoms with Crippen molar-refractivity contribution in [3.05, 3.63) is 73.3 Å². The summed E-state index contributed by atoms with van der Waals surface area (Å²) < 4.78 is 16.8. The van der Waals surface area contributed by atoms with Crippen molar-refractivity contribution in [2.24, 2.45) is 0 Å². The first-order valence-corrected chi connectivity index (χ1v) is 12.7. The quantitative estimate of drug-likeness (QED) is 0.296. The minimum atomic E-state index is -0.753. The molecule has 10 nitrogen and oxygen atoms in total. The number of carbonyl (C=O) groups is 1. The van der Waals surface area contributed by atoms with E-state index in [1.807, 2.05) is 11.0 Å². The first-order valence-electron chi connectivity index (χ1n) is 12.7. The molecular weight excluding hydrogens is 499 g/mol. The summed E-state index contributed by atoms with van der Waals surface area (Å²) in [5.41, 5.74) is 2.17. The average molecular weight is 531 g/mol. The lowest BCUT2D eigenvalue weighted by atomic mass is 10.1. The van der Waals surface area contributed by atoms with Crippen LogP contribution in [-0.2, 0) is 4.79 Å². The Labute approximate surface area is 225 Å². The molecule has 4 aromatic rings. The normalized spacial score (nSPS) is 14.4. The Bertz CT molecular complexity index is 1510. The van der Waals surface area contributed by atoms with Gasteiger partial charge in [0.15, 0.2) is 5.65 Å². The van der Waals surface area contributed by atoms with Crippen LogP contribution in [0.2, 0.25) is 0 Å². The zero-order chi connectivity index (χ0) is 27.6. The van der Waals surface area contributed by atoms with Crippen LogP contribution in [0.3, 0.4) is 0 Å². The predicted molar refractivity (Wildman–Crippen MR) is 150 cm³/mol. The second-order valence-corrected chi connectivity index (χ2v) is 10.1. The number of amides is 1. The number of aliphatic hydroxyl groups is 1. The molecule has 0 unspecified atom stereocenters. The third kappa shape index (κ3) is 6.21. The number of anilines is 4. The van der Waals surface area contributed by atoms with Gasteiger partial charge in [0.2, 0.25) is 11.9 Å². The van der Waals surface area contributed by atoms with E-state index in [9.17, 15) is 9.90 Å². The second-order valence-electron chi connectivity index (χ2n) is 10.1. The van der Waals surface area contributed by atoms with Crippen LogP contribution in [0.15, 0.2) is 67.5 Å². The van der Waals surface area contributed by atoms with Gasteiger partial charge in [-0.2, -0.15) is 10.1 Å². The maximum Gasteiger partial charge on any atom is 0.247 e. The number of rotatable bonds is 8. The van der Waals surface area contributed by atoms with Gasteiger partial charge >= 0.3 is 0 Å². The molecular formula is C28H31FN8O2. The van der Waals surface area contributed by atoms with E-state index in [0.717, 1.165) is 18.5 Å². The monoisotopic (exact) mass is 530 g/mol. The van der Waals surface area contributed by atoms with Gasteiger partial charge in [-0.25, -0.2) is 14.1 Å². The Hall–Kier alpha value is -4.35. The minimum Gasteiger partial charge on any atom is -0.389 e. The summed E-state index contributed by atoms with van der Waals surface area (Å²) in [6.07, 6.45) is 4.51. The Balaban J connectivity index is 1.31. The molecule has 0 spiro atoms. The third-order valence-electron chi connectivity index (χ3n) is 6.38. The van der Waals surface area contributed by atoms with Gasteiger partial charge in [0.1, 0.15) is 5.82 Å². The third-order valence-corrected chi connectivity index (χ3v) is 6.38. The first kappa shape index (κ1) is 26.3. The van der Waals surface area contributed by atoms with Gasteiger partial charge in [-0.1, -0.05) is 12.6 Å². The summed E-state index contributed by atoms with van der Waals surface area (Å²) in [6, 6.07) is 12.2. The van der Waals surface area contributed by atoms with Crippen molar-refractivity contribution in [3.63, 3.8) is 0 Å². The van der Waals surface area contributed by atoms with Crippen LogP contribution < -0.4 is 15.5 Å². The molecule has 1 fully saturated rings. The van der Waals surface area contributed by atoms with Crippen LogP contribution in [0.4, 0.5) is 27.4 Å². The zero-order valence-corrected chi connectivity index (χ0v) is 21.9. The van der Waals surface area contributed by atoms with Crippen LogP contribution in [0, 0.1) is 5.82 Å². The van der Waals surface area contributed by atoms with E-state index in [0.29, 0.717) is 54.0 Å². The lowest BCUT2D eigenvalue weighted by molar-refractivity contribution is -0.111. The number of hydrogen-bond acceptors (Lipinski definition) is 8. The first-order chi connectivity index (χ1) is 18.7. The van der Waals surface area contributed by atoms with Crippen LogP contribution in [0.5, 0.6) is 0 Å². The molecule has 1 saturated heterocycles. The van der Waals surface area contributed by atoms with Gasteiger partial charge in [0.25, 0.3) is 0 Å². The van der Waals surface area contributed by atoms with Crippen molar-refractivity contribution in [1.82, 2.24) is 24.6 Å². The van der Waals surface area contributed by atoms with E-state index in [1.54, 1.807) is 61.3 Å². The number of carbonyl (C=O) groups excluding carboxylic acids is 1. The fourth-order valence-electron chi connectivity index (χ4n) is 4.64. The molecule has 1 aliphatic rings. The van der Waals surface area contributed by atoms with Crippen molar-refractivity contribution in [2.45, 2.75) is 19.4 Å². The summed E-state index contributed by atoms with van der Waals surface area (Å²) in [5, 5.41) is 21.0. The number of fused-ring (bicyclic) bond motifs is 1. The smallest absolute Gasteiger partial charge is 0.247 e. The Morgan fingerprint density at radius 2 is 1.92 bits per heavy atom. The fourth-order valence-corrected chi connectivity index (χ4v) is 4.64. The Kier molecular flexibility index (Phi) is 7.27. The maximum absolute atomic E-state index is 15.1. The van der Waals surface area contributed by atoms with Crippen LogP contribution in [0.1, 0.15) is 13.8 Å². The molecule has 0 aliphatic carbocycles. The van der Waals surface area contributed by atoms with Crippen molar-refractivity contribution >= 4 is 40.0 Å². The molecule has 0 radical (unpaired) electrons. The Morgan fingerprint density at radius 3 is 2.64 bits per heavy atom. The van der Waals surface area contributed by atoms with Crippen molar-refractivity contribution in [2.75, 3.05) is 48.3 Å². The standard InChI is InChI=1S/C28H31FN8O2/c1-4-25(38)32-20-6-5-7-22(14-20)37-26-19(17-31-37)16-30-27(34-26)33-21-8-9-24(23(29)15-21)36-12-10-35(11-13-36)18-28(2,3)39/h4-9,14-17,39H,1,10-13,18H2,2-3H3,(H,32,38)(H,30,33,34). The molecule has 5 rings (SSSR count). The molecule has 3 heterocycles. The van der Waals surface area contributed by atoms with Gasteiger partial charge in [0.05, 0.1) is 28.6 Å². The van der Waals surface area contributed by atoms with Gasteiger partial charge in [0, 0.05) is 50.3 Å². The number of halogens is 1. The highest BCUT2D eigenvalue weighted by molar-refractivity contribution is 5.99. The van der Waals surface area contributed by atoms with Crippen LogP contribution in [-0.4, -0.2) is 74.0 Å². The highest BCUT2D eigenvalue weighted by atomic mass is 19.1. The molecule has 0 saturated carbocycles. The Morgan fingerprint density at radius 1 is 1.13 bits per heavy atom. The lowest BCUT2D eigenvalue weighted by Gasteiger charge is -2.38. The number of aromatic nitrogens is 4. The number of nitrogens with zero attached hydrogens (tertiary/aromatic N) is 6. The molecule has 11 heteroatoms. The maximum atomic E-state index is 15.1. The molecule has 202 valence electrons. The average Bonchev–Trinajstić information content (AvgIpc) is 3.32. The zero-order valence-electron chi connectivity index (χ0n) is 21.9. The van der Waals surface area contributed by atoms with E-state index in [2.05, 4.69) is 37.2 Å². The van der Waals surface area contributed by atoms with Gasteiger partial charge in [-0.05, 0) is 56.3 Å². The molecule has 39 heavy (non-hydrogen) atoms. The molecule has 1 amide bonds. The molecule has 3 N–H and O–H groups in total. The van der Waals surface area contributed by atoms with E-state index in [4.69, 9.17) is 0 Å². The summed E-state index contributed by atoms with van der Waals surface area (Å²) in [6.45, 7) is 10.5. The highest BCUT2D eigenvalue weighted by Gasteiger charge is 2.24. The fraction of sp³-hybridized carbons (Fsp3) is 0.286. The summed E-state index contributed by atoms with van der Waals surface area (Å²) in [4.78, 5) is 24.9. The molecule has 1 aliphatic heterocycles. The van der Waals surface area contributed by atoms with Crippen molar-refractivity contribution in [1.29, 1.82) is 0 Å². The summed E-state index contributed by atoms with van der Waals surface area (Å²) >= 11 is 0. The topological polar surface area (TPSA) is 111 Å². The van der Waals surface area contributed by atoms with Gasteiger partial charge < -0.3 is 20.6 Å². The summed E-state index contributed by atoms with van der Waals surface area (Å²) in [7, 11) is 0. The molecule has 0 atom stereocenters. The van der Waals surface area contributed by atoms with Gasteiger partial charge in [-0.3, -0.25) is 9.69 Å². The number of β-amino-alcohol motifs (C(OH)–C–C–N with tert-alkyl or cyclic N) is 1. The van der Waals surface area contributed by atoms with Crippen molar-refractivity contribution < 1.29 is 14.3 Å². The van der Waals surface area contributed by atoms with Crippen LogP contribution in [0.25, 0.3) is 16.7 Å². The van der Waals surface area contributed by atoms with E-state index in [-0.39, 0.29) is 11.7 Å². The van der Waals surface area contributed by atoms with E-state index >= 15 is 4.39 Å².